The Kier molecular flexibility index (Phi) is 3.84. The molecule has 1 amide bonds. The molecule has 6 nitrogen and oxygen atoms in total. The number of carbonyl (C=O) groups excluding carboxylic acids is 1. The molecule has 0 N–H and O–H groups in total. The highest BCUT2D eigenvalue weighted by Crippen LogP contribution is 2.30. The van der Waals surface area contributed by atoms with Gasteiger partial charge in [0.1, 0.15) is 0 Å². The van der Waals surface area contributed by atoms with Crippen LogP contribution in [-0.2, 0) is 4.74 Å². The molecule has 0 radical (unpaired) electrons. The zero-order valence-electron chi connectivity index (χ0n) is 12.3. The molecule has 1 saturated heterocycles. The lowest BCUT2D eigenvalue weighted by molar-refractivity contribution is -0.384. The third kappa shape index (κ3) is 2.82. The lowest BCUT2D eigenvalue weighted by Gasteiger charge is -2.35. The highest BCUT2D eigenvalue weighted by Gasteiger charge is 2.27. The van der Waals surface area contributed by atoms with Crippen LogP contribution in [0.25, 0.3) is 10.1 Å². The summed E-state index contributed by atoms with van der Waals surface area (Å²) in [5, 5.41) is 11.6. The Bertz CT molecular complexity index is 732. The number of non-ortho nitro benzene ring substituents is 1. The van der Waals surface area contributed by atoms with Crippen LogP contribution in [0.4, 0.5) is 5.69 Å². The molecule has 0 bridgehead atoms. The fourth-order valence-corrected chi connectivity index (χ4v) is 3.76. The fourth-order valence-electron chi connectivity index (χ4n) is 2.75. The molecule has 7 heteroatoms. The summed E-state index contributed by atoms with van der Waals surface area (Å²) in [4.78, 5) is 25.4. The van der Waals surface area contributed by atoms with Crippen LogP contribution in [0.5, 0.6) is 0 Å². The van der Waals surface area contributed by atoms with Crippen LogP contribution in [0.3, 0.4) is 0 Å². The molecule has 1 aliphatic rings. The standard InChI is InChI=1S/C15H16N2O4S/c1-9-7-16(8-10(2)21-9)15(18)14-6-11-5-12(17(19)20)3-4-13(11)22-14/h3-6,9-10H,7-8H2,1-2H3/t9-,10-/m0/s1. The van der Waals surface area contributed by atoms with Crippen molar-refractivity contribution < 1.29 is 14.5 Å². The molecule has 0 unspecified atom stereocenters. The predicted molar refractivity (Wildman–Crippen MR) is 84.4 cm³/mol. The van der Waals surface area contributed by atoms with Gasteiger partial charge in [-0.25, -0.2) is 0 Å². The number of nitro groups is 1. The Balaban J connectivity index is 1.89. The molecule has 3 rings (SSSR count). The number of hydrogen-bond acceptors (Lipinski definition) is 5. The van der Waals surface area contributed by atoms with E-state index in [1.807, 2.05) is 13.8 Å². The van der Waals surface area contributed by atoms with Gasteiger partial charge in [0.05, 0.1) is 22.0 Å². The highest BCUT2D eigenvalue weighted by molar-refractivity contribution is 7.20. The van der Waals surface area contributed by atoms with Crippen molar-refractivity contribution in [2.24, 2.45) is 0 Å². The average Bonchev–Trinajstić information content (AvgIpc) is 2.88. The normalized spacial score (nSPS) is 22.0. The highest BCUT2D eigenvalue weighted by atomic mass is 32.1. The SMILES string of the molecule is C[C@H]1CN(C(=O)c2cc3cc([N+](=O)[O-])ccc3s2)C[C@H](C)O1. The Morgan fingerprint density at radius 2 is 2.00 bits per heavy atom. The molecule has 22 heavy (non-hydrogen) atoms. The minimum absolute atomic E-state index is 0.0168. The summed E-state index contributed by atoms with van der Waals surface area (Å²) < 4.78 is 6.52. The van der Waals surface area contributed by atoms with Gasteiger partial charge in [0.25, 0.3) is 11.6 Å². The van der Waals surface area contributed by atoms with Crippen LogP contribution in [0.1, 0.15) is 23.5 Å². The maximum absolute atomic E-state index is 12.6. The first-order chi connectivity index (χ1) is 10.4. The molecular weight excluding hydrogens is 304 g/mol. The Hall–Kier alpha value is -1.99. The van der Waals surface area contributed by atoms with Crippen molar-refractivity contribution in [3.63, 3.8) is 0 Å². The molecule has 1 aromatic carbocycles. The van der Waals surface area contributed by atoms with Crippen molar-refractivity contribution in [3.8, 4) is 0 Å². The average molecular weight is 320 g/mol. The van der Waals surface area contributed by atoms with Crippen molar-refractivity contribution in [2.45, 2.75) is 26.1 Å². The topological polar surface area (TPSA) is 72.7 Å². The zero-order chi connectivity index (χ0) is 15.9. The monoisotopic (exact) mass is 320 g/mol. The van der Waals surface area contributed by atoms with Crippen LogP contribution in [-0.4, -0.2) is 41.0 Å². The molecular formula is C15H16N2O4S. The molecule has 2 aromatic rings. The molecule has 2 atom stereocenters. The minimum Gasteiger partial charge on any atom is -0.372 e. The van der Waals surface area contributed by atoms with Crippen LogP contribution < -0.4 is 0 Å². The van der Waals surface area contributed by atoms with Crippen molar-refractivity contribution in [3.05, 3.63) is 39.3 Å². The minimum atomic E-state index is -0.427. The Morgan fingerprint density at radius 1 is 1.32 bits per heavy atom. The lowest BCUT2D eigenvalue weighted by Crippen LogP contribution is -2.48. The number of fused-ring (bicyclic) bond motifs is 1. The summed E-state index contributed by atoms with van der Waals surface area (Å²) in [6.07, 6.45) is 0.0336. The molecule has 1 aliphatic heterocycles. The summed E-state index contributed by atoms with van der Waals surface area (Å²) in [5.41, 5.74) is 0.0397. The summed E-state index contributed by atoms with van der Waals surface area (Å²) in [5.74, 6) is -0.0362. The first kappa shape index (κ1) is 14.9. The van der Waals surface area contributed by atoms with E-state index in [1.54, 1.807) is 17.0 Å². The number of rotatable bonds is 2. The number of carbonyl (C=O) groups is 1. The van der Waals surface area contributed by atoms with Gasteiger partial charge in [-0.15, -0.1) is 11.3 Å². The van der Waals surface area contributed by atoms with E-state index in [0.717, 1.165) is 10.1 Å². The summed E-state index contributed by atoms with van der Waals surface area (Å²) in [6.45, 7) is 5.03. The maximum atomic E-state index is 12.6. The fraction of sp³-hybridized carbons (Fsp3) is 0.400. The zero-order valence-corrected chi connectivity index (χ0v) is 13.1. The number of nitro benzene ring substituents is 1. The van der Waals surface area contributed by atoms with Crippen molar-refractivity contribution >= 4 is 33.0 Å². The summed E-state index contributed by atoms with van der Waals surface area (Å²) >= 11 is 1.37. The van der Waals surface area contributed by atoms with Gasteiger partial charge in [0, 0.05) is 35.3 Å². The number of nitrogens with zero attached hydrogens (tertiary/aromatic N) is 2. The summed E-state index contributed by atoms with van der Waals surface area (Å²) in [6, 6.07) is 6.40. The van der Waals surface area contributed by atoms with E-state index in [1.165, 1.54) is 23.5 Å². The van der Waals surface area contributed by atoms with Crippen molar-refractivity contribution in [1.82, 2.24) is 4.90 Å². The summed E-state index contributed by atoms with van der Waals surface area (Å²) in [7, 11) is 0. The molecule has 2 heterocycles. The van der Waals surface area contributed by atoms with E-state index in [9.17, 15) is 14.9 Å². The quantitative estimate of drug-likeness (QED) is 0.630. The van der Waals surface area contributed by atoms with E-state index in [4.69, 9.17) is 4.74 Å². The number of amides is 1. The van der Waals surface area contributed by atoms with E-state index in [2.05, 4.69) is 0 Å². The van der Waals surface area contributed by atoms with Gasteiger partial charge in [-0.2, -0.15) is 0 Å². The van der Waals surface area contributed by atoms with Gasteiger partial charge in [-0.3, -0.25) is 14.9 Å². The largest absolute Gasteiger partial charge is 0.372 e. The van der Waals surface area contributed by atoms with Gasteiger partial charge in [-0.05, 0) is 26.0 Å². The third-order valence-electron chi connectivity index (χ3n) is 3.63. The molecule has 0 aliphatic carbocycles. The first-order valence-corrected chi connectivity index (χ1v) is 7.88. The van der Waals surface area contributed by atoms with Crippen LogP contribution in [0.2, 0.25) is 0 Å². The van der Waals surface area contributed by atoms with E-state index >= 15 is 0 Å². The molecule has 1 aromatic heterocycles. The van der Waals surface area contributed by atoms with E-state index < -0.39 is 4.92 Å². The van der Waals surface area contributed by atoms with Crippen LogP contribution in [0.15, 0.2) is 24.3 Å². The van der Waals surface area contributed by atoms with Crippen molar-refractivity contribution in [2.75, 3.05) is 13.1 Å². The lowest BCUT2D eigenvalue weighted by atomic mass is 10.2. The molecule has 0 saturated carbocycles. The second-order valence-electron chi connectivity index (χ2n) is 5.56. The second-order valence-corrected chi connectivity index (χ2v) is 6.64. The molecule has 1 fully saturated rings. The van der Waals surface area contributed by atoms with Crippen LogP contribution >= 0.6 is 11.3 Å². The number of morpholine rings is 1. The molecule has 116 valence electrons. The van der Waals surface area contributed by atoms with Crippen molar-refractivity contribution in [1.29, 1.82) is 0 Å². The van der Waals surface area contributed by atoms with E-state index in [0.29, 0.717) is 18.0 Å². The Labute approximate surface area is 131 Å². The van der Waals surface area contributed by atoms with E-state index in [-0.39, 0.29) is 23.8 Å². The number of thiophene rings is 1. The first-order valence-electron chi connectivity index (χ1n) is 7.07. The maximum Gasteiger partial charge on any atom is 0.270 e. The molecule has 0 spiro atoms. The van der Waals surface area contributed by atoms with Gasteiger partial charge in [-0.1, -0.05) is 0 Å². The Morgan fingerprint density at radius 3 is 2.64 bits per heavy atom. The number of hydrogen-bond donors (Lipinski definition) is 0. The van der Waals surface area contributed by atoms with Gasteiger partial charge < -0.3 is 9.64 Å². The van der Waals surface area contributed by atoms with Gasteiger partial charge in [0.15, 0.2) is 0 Å². The van der Waals surface area contributed by atoms with Gasteiger partial charge >= 0.3 is 0 Å². The number of ether oxygens (including phenoxy) is 1. The van der Waals surface area contributed by atoms with Crippen LogP contribution in [0, 0.1) is 10.1 Å². The number of benzene rings is 1. The third-order valence-corrected chi connectivity index (χ3v) is 4.73. The second kappa shape index (κ2) is 5.66. The van der Waals surface area contributed by atoms with Gasteiger partial charge in [0.2, 0.25) is 0 Å². The smallest absolute Gasteiger partial charge is 0.270 e. The predicted octanol–water partition coefficient (Wildman–Crippen LogP) is 3.06.